The molecule has 0 aliphatic rings. The van der Waals surface area contributed by atoms with Crippen molar-refractivity contribution in [1.82, 2.24) is 5.16 Å². The SMILES string of the molecule is O=C(OCc1cc(-c2ccco2)on1)C(O)(c1ccccc1)c1ccccc1. The highest BCUT2D eigenvalue weighted by atomic mass is 16.6. The molecule has 0 radical (unpaired) electrons. The summed E-state index contributed by atoms with van der Waals surface area (Å²) in [6.07, 6.45) is 1.53. The van der Waals surface area contributed by atoms with E-state index in [2.05, 4.69) is 5.16 Å². The molecule has 1 N–H and O–H groups in total. The normalized spacial score (nSPS) is 11.3. The average molecular weight is 375 g/mol. The summed E-state index contributed by atoms with van der Waals surface area (Å²) in [5.41, 5.74) is -0.690. The highest BCUT2D eigenvalue weighted by Crippen LogP contribution is 2.31. The van der Waals surface area contributed by atoms with Gasteiger partial charge in [0.1, 0.15) is 12.3 Å². The molecule has 0 aliphatic heterocycles. The standard InChI is InChI=1S/C22H17NO5/c24-21(27-15-18-14-20(28-23-18)19-12-7-13-26-19)22(25,16-8-3-1-4-9-16)17-10-5-2-6-11-17/h1-14,25H,15H2. The molecule has 0 bridgehead atoms. The highest BCUT2D eigenvalue weighted by molar-refractivity contribution is 5.85. The molecular formula is C22H17NO5. The van der Waals surface area contributed by atoms with E-state index in [1.165, 1.54) is 6.26 Å². The summed E-state index contributed by atoms with van der Waals surface area (Å²) in [5, 5.41) is 15.2. The van der Waals surface area contributed by atoms with Crippen molar-refractivity contribution in [3.63, 3.8) is 0 Å². The predicted molar refractivity (Wildman–Crippen MR) is 99.9 cm³/mol. The van der Waals surface area contributed by atoms with Crippen LogP contribution in [0.25, 0.3) is 11.5 Å². The number of furan rings is 1. The van der Waals surface area contributed by atoms with Gasteiger partial charge in [-0.1, -0.05) is 65.8 Å². The van der Waals surface area contributed by atoms with Crippen LogP contribution in [-0.2, 0) is 21.7 Å². The molecule has 0 aliphatic carbocycles. The van der Waals surface area contributed by atoms with E-state index in [1.807, 2.05) is 12.1 Å². The monoisotopic (exact) mass is 375 g/mol. The van der Waals surface area contributed by atoms with Gasteiger partial charge in [0.25, 0.3) is 0 Å². The number of carbonyl (C=O) groups is 1. The Morgan fingerprint density at radius 3 is 2.14 bits per heavy atom. The minimum absolute atomic E-state index is 0.148. The zero-order valence-corrected chi connectivity index (χ0v) is 14.8. The third-order valence-electron chi connectivity index (χ3n) is 4.35. The van der Waals surface area contributed by atoms with Gasteiger partial charge in [0, 0.05) is 6.07 Å². The Hall–Kier alpha value is -3.64. The predicted octanol–water partition coefficient (Wildman–Crippen LogP) is 3.91. The maximum absolute atomic E-state index is 12.9. The highest BCUT2D eigenvalue weighted by Gasteiger charge is 2.41. The smallest absolute Gasteiger partial charge is 0.348 e. The summed E-state index contributed by atoms with van der Waals surface area (Å²) in [4.78, 5) is 12.9. The van der Waals surface area contributed by atoms with Gasteiger partial charge < -0.3 is 18.8 Å². The number of ether oxygens (including phenoxy) is 1. The van der Waals surface area contributed by atoms with E-state index in [1.54, 1.807) is 66.7 Å². The first kappa shape index (κ1) is 17.8. The van der Waals surface area contributed by atoms with Gasteiger partial charge in [0.15, 0.2) is 5.76 Å². The maximum Gasteiger partial charge on any atom is 0.348 e. The first-order valence-electron chi connectivity index (χ1n) is 8.68. The molecule has 6 nitrogen and oxygen atoms in total. The summed E-state index contributed by atoms with van der Waals surface area (Å²) in [5.74, 6) is 0.153. The van der Waals surface area contributed by atoms with Crippen molar-refractivity contribution in [2.24, 2.45) is 0 Å². The van der Waals surface area contributed by atoms with Crippen molar-refractivity contribution >= 4 is 5.97 Å². The number of benzene rings is 2. The quantitative estimate of drug-likeness (QED) is 0.514. The molecule has 0 spiro atoms. The van der Waals surface area contributed by atoms with Crippen molar-refractivity contribution < 1.29 is 23.6 Å². The van der Waals surface area contributed by atoms with Crippen LogP contribution >= 0.6 is 0 Å². The second-order valence-electron chi connectivity index (χ2n) is 6.18. The lowest BCUT2D eigenvalue weighted by Gasteiger charge is -2.26. The molecule has 140 valence electrons. The van der Waals surface area contributed by atoms with Crippen molar-refractivity contribution in [2.75, 3.05) is 0 Å². The Morgan fingerprint density at radius 1 is 0.929 bits per heavy atom. The van der Waals surface area contributed by atoms with Gasteiger partial charge in [0.05, 0.1) is 6.26 Å². The fourth-order valence-corrected chi connectivity index (χ4v) is 2.92. The van der Waals surface area contributed by atoms with E-state index >= 15 is 0 Å². The summed E-state index contributed by atoms with van der Waals surface area (Å²) >= 11 is 0. The van der Waals surface area contributed by atoms with Gasteiger partial charge >= 0.3 is 5.97 Å². The van der Waals surface area contributed by atoms with Gasteiger partial charge in [-0.05, 0) is 23.3 Å². The number of rotatable bonds is 6. The van der Waals surface area contributed by atoms with Crippen LogP contribution in [0.15, 0.2) is 94.1 Å². The summed E-state index contributed by atoms with van der Waals surface area (Å²) in [6, 6.07) is 22.4. The zero-order chi connectivity index (χ0) is 19.4. The fraction of sp³-hybridized carbons (Fsp3) is 0.0909. The minimum atomic E-state index is -1.93. The first-order valence-corrected chi connectivity index (χ1v) is 8.68. The molecule has 0 fully saturated rings. The van der Waals surface area contributed by atoms with Crippen LogP contribution < -0.4 is 0 Å². The molecule has 2 aromatic carbocycles. The van der Waals surface area contributed by atoms with E-state index in [9.17, 15) is 9.90 Å². The number of hydrogen-bond acceptors (Lipinski definition) is 6. The fourth-order valence-electron chi connectivity index (χ4n) is 2.92. The van der Waals surface area contributed by atoms with Crippen LogP contribution in [-0.4, -0.2) is 16.2 Å². The van der Waals surface area contributed by atoms with Crippen LogP contribution in [0.1, 0.15) is 16.8 Å². The van der Waals surface area contributed by atoms with Crippen molar-refractivity contribution in [3.05, 3.63) is 102 Å². The van der Waals surface area contributed by atoms with Gasteiger partial charge in [-0.15, -0.1) is 0 Å². The molecule has 0 saturated heterocycles. The third kappa shape index (κ3) is 3.33. The maximum atomic E-state index is 12.9. The van der Waals surface area contributed by atoms with Gasteiger partial charge in [-0.2, -0.15) is 0 Å². The molecule has 28 heavy (non-hydrogen) atoms. The van der Waals surface area contributed by atoms with E-state index in [4.69, 9.17) is 13.7 Å². The minimum Gasteiger partial charge on any atom is -0.461 e. The van der Waals surface area contributed by atoms with E-state index < -0.39 is 11.6 Å². The largest absolute Gasteiger partial charge is 0.461 e. The molecule has 4 aromatic rings. The topological polar surface area (TPSA) is 85.7 Å². The molecule has 2 heterocycles. The Labute approximate surface area is 161 Å². The number of esters is 1. The molecule has 0 amide bonds. The van der Waals surface area contributed by atoms with Crippen molar-refractivity contribution in [2.45, 2.75) is 12.2 Å². The van der Waals surface area contributed by atoms with E-state index in [0.29, 0.717) is 28.3 Å². The lowest BCUT2D eigenvalue weighted by molar-refractivity contribution is -0.163. The van der Waals surface area contributed by atoms with Gasteiger partial charge in [-0.25, -0.2) is 4.79 Å². The third-order valence-corrected chi connectivity index (χ3v) is 4.35. The first-order chi connectivity index (χ1) is 13.7. The van der Waals surface area contributed by atoms with Crippen LogP contribution in [0.2, 0.25) is 0 Å². The molecule has 0 unspecified atom stereocenters. The summed E-state index contributed by atoms with van der Waals surface area (Å²) in [7, 11) is 0. The summed E-state index contributed by atoms with van der Waals surface area (Å²) < 4.78 is 15.8. The Kier molecular flexibility index (Phi) is 4.78. The molecule has 4 rings (SSSR count). The molecule has 0 atom stereocenters. The van der Waals surface area contributed by atoms with Gasteiger partial charge in [0.2, 0.25) is 11.4 Å². The second-order valence-corrected chi connectivity index (χ2v) is 6.18. The lowest BCUT2D eigenvalue weighted by Crippen LogP contribution is -2.38. The van der Waals surface area contributed by atoms with Crippen LogP contribution in [0.3, 0.4) is 0 Å². The number of nitrogens with zero attached hydrogens (tertiary/aromatic N) is 1. The second kappa shape index (κ2) is 7.54. The van der Waals surface area contributed by atoms with Crippen molar-refractivity contribution in [3.8, 4) is 11.5 Å². The molecule has 2 aromatic heterocycles. The summed E-state index contributed by atoms with van der Waals surface area (Å²) in [6.45, 7) is -0.148. The van der Waals surface area contributed by atoms with E-state index in [-0.39, 0.29) is 6.61 Å². The number of hydrogen-bond donors (Lipinski definition) is 1. The Balaban J connectivity index is 1.57. The molecular weight excluding hydrogens is 358 g/mol. The zero-order valence-electron chi connectivity index (χ0n) is 14.8. The number of carbonyl (C=O) groups excluding carboxylic acids is 1. The number of aromatic nitrogens is 1. The lowest BCUT2D eigenvalue weighted by atomic mass is 9.86. The number of aliphatic hydroxyl groups is 1. The Bertz CT molecular complexity index is 1000. The van der Waals surface area contributed by atoms with Crippen LogP contribution in [0.5, 0.6) is 0 Å². The van der Waals surface area contributed by atoms with E-state index in [0.717, 1.165) is 0 Å². The molecule has 0 saturated carbocycles. The van der Waals surface area contributed by atoms with Crippen molar-refractivity contribution in [1.29, 1.82) is 0 Å². The van der Waals surface area contributed by atoms with Crippen LogP contribution in [0, 0.1) is 0 Å². The molecule has 6 heteroatoms. The Morgan fingerprint density at radius 2 is 1.57 bits per heavy atom. The van der Waals surface area contributed by atoms with Gasteiger partial charge in [-0.3, -0.25) is 0 Å². The average Bonchev–Trinajstić information content (AvgIpc) is 3.44. The van der Waals surface area contributed by atoms with Crippen LogP contribution in [0.4, 0.5) is 0 Å².